The van der Waals surface area contributed by atoms with Gasteiger partial charge in [-0.05, 0) is 18.2 Å². The van der Waals surface area contributed by atoms with Crippen LogP contribution in [0.3, 0.4) is 0 Å². The Labute approximate surface area is 98.2 Å². The van der Waals surface area contributed by atoms with Gasteiger partial charge in [-0.15, -0.1) is 0 Å². The number of ether oxygens (including phenoxy) is 1. The fourth-order valence-corrected chi connectivity index (χ4v) is 1.41. The zero-order chi connectivity index (χ0) is 12.3. The Morgan fingerprint density at radius 3 is 2.71 bits per heavy atom. The Hall–Kier alpha value is -2.43. The first-order valence-electron chi connectivity index (χ1n) is 5.00. The number of nitrogens with one attached hydrogen (secondary N) is 1. The van der Waals surface area contributed by atoms with Crippen molar-refractivity contribution >= 4 is 17.5 Å². The van der Waals surface area contributed by atoms with E-state index in [2.05, 4.69) is 5.32 Å². The highest BCUT2D eigenvalue weighted by Crippen LogP contribution is 2.24. The van der Waals surface area contributed by atoms with E-state index < -0.39 is 0 Å². The largest absolute Gasteiger partial charge is 0.495 e. The molecule has 0 aliphatic carbocycles. The molecule has 0 bridgehead atoms. The first kappa shape index (κ1) is 11.1. The van der Waals surface area contributed by atoms with Crippen molar-refractivity contribution in [1.29, 1.82) is 0 Å². The summed E-state index contributed by atoms with van der Waals surface area (Å²) in [5.41, 5.74) is 5.97. The lowest BCUT2D eigenvalue weighted by Gasteiger charge is -2.08. The molecule has 0 saturated carbocycles. The number of nitrogen functional groups attached to an aromatic ring is 1. The number of hydrogen-bond donors (Lipinski definition) is 2. The molecule has 2 aromatic rings. The molecule has 1 heterocycles. The molecular formula is C12H12N2O3. The average molecular weight is 232 g/mol. The Morgan fingerprint density at radius 1 is 1.29 bits per heavy atom. The van der Waals surface area contributed by atoms with Gasteiger partial charge in [-0.3, -0.25) is 4.79 Å². The molecule has 2 rings (SSSR count). The molecule has 5 nitrogen and oxygen atoms in total. The quantitative estimate of drug-likeness (QED) is 0.849. The maximum absolute atomic E-state index is 11.8. The number of rotatable bonds is 3. The lowest BCUT2D eigenvalue weighted by atomic mass is 10.3. The molecule has 1 aromatic carbocycles. The monoisotopic (exact) mass is 232 g/mol. The van der Waals surface area contributed by atoms with Gasteiger partial charge in [0, 0.05) is 6.07 Å². The van der Waals surface area contributed by atoms with Crippen LogP contribution in [0.4, 0.5) is 11.6 Å². The van der Waals surface area contributed by atoms with Gasteiger partial charge in [0.15, 0.2) is 11.6 Å². The van der Waals surface area contributed by atoms with Crippen LogP contribution >= 0.6 is 0 Å². The predicted octanol–water partition coefficient (Wildman–Crippen LogP) is 2.12. The summed E-state index contributed by atoms with van der Waals surface area (Å²) in [5, 5.41) is 2.68. The first-order valence-corrected chi connectivity index (χ1v) is 5.00. The number of carbonyl (C=O) groups excluding carboxylic acids is 1. The molecule has 0 spiro atoms. The summed E-state index contributed by atoms with van der Waals surface area (Å²) < 4.78 is 10.1. The summed E-state index contributed by atoms with van der Waals surface area (Å²) in [6.45, 7) is 0. The molecule has 0 saturated heterocycles. The van der Waals surface area contributed by atoms with E-state index in [4.69, 9.17) is 14.9 Å². The van der Waals surface area contributed by atoms with Gasteiger partial charge in [0.1, 0.15) is 5.75 Å². The second kappa shape index (κ2) is 4.61. The third-order valence-corrected chi connectivity index (χ3v) is 2.21. The number of anilines is 2. The Balaban J connectivity index is 2.18. The van der Waals surface area contributed by atoms with Gasteiger partial charge in [0.25, 0.3) is 5.91 Å². The third-order valence-electron chi connectivity index (χ3n) is 2.21. The predicted molar refractivity (Wildman–Crippen MR) is 64.1 cm³/mol. The highest BCUT2D eigenvalue weighted by Gasteiger charge is 2.12. The molecule has 17 heavy (non-hydrogen) atoms. The molecule has 88 valence electrons. The summed E-state index contributed by atoms with van der Waals surface area (Å²) in [7, 11) is 1.54. The van der Waals surface area contributed by atoms with Crippen LogP contribution in [-0.2, 0) is 0 Å². The summed E-state index contributed by atoms with van der Waals surface area (Å²) in [6.07, 6.45) is 0. The van der Waals surface area contributed by atoms with Crippen LogP contribution in [0, 0.1) is 0 Å². The molecule has 1 aromatic heterocycles. The zero-order valence-corrected chi connectivity index (χ0v) is 9.27. The van der Waals surface area contributed by atoms with E-state index in [1.807, 2.05) is 6.07 Å². The highest BCUT2D eigenvalue weighted by molar-refractivity contribution is 6.03. The maximum Gasteiger partial charge on any atom is 0.291 e. The smallest absolute Gasteiger partial charge is 0.291 e. The summed E-state index contributed by atoms with van der Waals surface area (Å²) in [4.78, 5) is 11.8. The first-order chi connectivity index (χ1) is 8.20. The van der Waals surface area contributed by atoms with E-state index >= 15 is 0 Å². The lowest BCUT2D eigenvalue weighted by molar-refractivity contribution is 0.0997. The average Bonchev–Trinajstić information content (AvgIpc) is 2.77. The number of furan rings is 1. The van der Waals surface area contributed by atoms with Gasteiger partial charge >= 0.3 is 0 Å². The van der Waals surface area contributed by atoms with Gasteiger partial charge in [0.05, 0.1) is 12.8 Å². The van der Waals surface area contributed by atoms with Crippen LogP contribution in [0.5, 0.6) is 5.75 Å². The van der Waals surface area contributed by atoms with Gasteiger partial charge in [-0.2, -0.15) is 0 Å². The summed E-state index contributed by atoms with van der Waals surface area (Å²) >= 11 is 0. The topological polar surface area (TPSA) is 77.5 Å². The number of hydrogen-bond acceptors (Lipinski definition) is 4. The molecule has 0 radical (unpaired) electrons. The van der Waals surface area contributed by atoms with E-state index in [1.54, 1.807) is 18.2 Å². The molecule has 0 unspecified atom stereocenters. The van der Waals surface area contributed by atoms with Crippen molar-refractivity contribution in [3.63, 3.8) is 0 Å². The van der Waals surface area contributed by atoms with Crippen LogP contribution < -0.4 is 15.8 Å². The van der Waals surface area contributed by atoms with Crippen LogP contribution in [0.1, 0.15) is 10.6 Å². The molecule has 0 aliphatic heterocycles. The highest BCUT2D eigenvalue weighted by atomic mass is 16.5. The second-order valence-corrected chi connectivity index (χ2v) is 3.36. The van der Waals surface area contributed by atoms with E-state index in [9.17, 15) is 4.79 Å². The Kier molecular flexibility index (Phi) is 3.00. The zero-order valence-electron chi connectivity index (χ0n) is 9.27. The van der Waals surface area contributed by atoms with Crippen molar-refractivity contribution in [2.75, 3.05) is 18.2 Å². The lowest BCUT2D eigenvalue weighted by Crippen LogP contribution is -2.11. The van der Waals surface area contributed by atoms with Crippen LogP contribution in [0.15, 0.2) is 40.8 Å². The van der Waals surface area contributed by atoms with Crippen molar-refractivity contribution in [3.05, 3.63) is 42.2 Å². The number of methoxy groups -OCH3 is 1. The SMILES string of the molecule is COc1ccccc1NC(=O)c1ccc(N)o1. The summed E-state index contributed by atoms with van der Waals surface area (Å²) in [6, 6.07) is 10.2. The van der Waals surface area contributed by atoms with Crippen LogP contribution in [0.2, 0.25) is 0 Å². The standard InChI is InChI=1S/C12H12N2O3/c1-16-9-5-3-2-4-8(9)14-12(15)10-6-7-11(13)17-10/h2-7H,13H2,1H3,(H,14,15). The number of amides is 1. The molecule has 0 atom stereocenters. The molecule has 0 fully saturated rings. The van der Waals surface area contributed by atoms with Gasteiger partial charge in [-0.1, -0.05) is 12.1 Å². The van der Waals surface area contributed by atoms with Crippen molar-refractivity contribution in [1.82, 2.24) is 0 Å². The molecule has 5 heteroatoms. The molecular weight excluding hydrogens is 220 g/mol. The van der Waals surface area contributed by atoms with Gasteiger partial charge < -0.3 is 20.2 Å². The second-order valence-electron chi connectivity index (χ2n) is 3.36. The Morgan fingerprint density at radius 2 is 2.06 bits per heavy atom. The minimum Gasteiger partial charge on any atom is -0.495 e. The number of carbonyl (C=O) groups is 1. The van der Waals surface area contributed by atoms with Gasteiger partial charge in [-0.25, -0.2) is 0 Å². The normalized spacial score (nSPS) is 9.94. The number of para-hydroxylation sites is 2. The van der Waals surface area contributed by atoms with Crippen molar-refractivity contribution in [3.8, 4) is 5.75 Å². The van der Waals surface area contributed by atoms with E-state index in [0.717, 1.165) is 0 Å². The summed E-state index contributed by atoms with van der Waals surface area (Å²) in [5.74, 6) is 0.579. The number of nitrogens with two attached hydrogens (primary N) is 1. The van der Waals surface area contributed by atoms with Crippen LogP contribution in [0.25, 0.3) is 0 Å². The van der Waals surface area contributed by atoms with Crippen LogP contribution in [-0.4, -0.2) is 13.0 Å². The molecule has 1 amide bonds. The van der Waals surface area contributed by atoms with Crippen molar-refractivity contribution in [2.45, 2.75) is 0 Å². The Bertz CT molecular complexity index is 534. The van der Waals surface area contributed by atoms with Crippen molar-refractivity contribution < 1.29 is 13.9 Å². The van der Waals surface area contributed by atoms with Gasteiger partial charge in [0.2, 0.25) is 0 Å². The molecule has 3 N–H and O–H groups in total. The number of benzene rings is 1. The van der Waals surface area contributed by atoms with E-state index in [-0.39, 0.29) is 17.6 Å². The van der Waals surface area contributed by atoms with E-state index in [0.29, 0.717) is 11.4 Å². The van der Waals surface area contributed by atoms with Crippen molar-refractivity contribution in [2.24, 2.45) is 0 Å². The minimum atomic E-state index is -0.369. The maximum atomic E-state index is 11.8. The third kappa shape index (κ3) is 2.39. The fourth-order valence-electron chi connectivity index (χ4n) is 1.41. The van der Waals surface area contributed by atoms with E-state index in [1.165, 1.54) is 19.2 Å². The minimum absolute atomic E-state index is 0.161. The molecule has 0 aliphatic rings. The fraction of sp³-hybridized carbons (Fsp3) is 0.0833.